The zero-order valence-corrected chi connectivity index (χ0v) is 21.8. The number of nitrogens with zero attached hydrogens (tertiary/aromatic N) is 3. The first-order valence-electron chi connectivity index (χ1n) is 10.7. The molecule has 0 unspecified atom stereocenters. The Balaban J connectivity index is 0.00000341. The first-order chi connectivity index (χ1) is 14.7. The monoisotopic (exact) mass is 559 g/mol. The normalized spacial score (nSPS) is 13.6. The molecule has 1 aromatic carbocycles. The Bertz CT molecular complexity index is 824. The first kappa shape index (κ1) is 25.5. The molecule has 2 aromatic rings. The molecule has 31 heavy (non-hydrogen) atoms. The number of ether oxygens (including phenoxy) is 2. The van der Waals surface area contributed by atoms with Gasteiger partial charge in [-0.05, 0) is 43.9 Å². The van der Waals surface area contributed by atoms with E-state index < -0.39 is 0 Å². The minimum atomic E-state index is 0. The predicted octanol–water partition coefficient (Wildman–Crippen LogP) is 3.72. The minimum Gasteiger partial charge on any atom is -0.493 e. The van der Waals surface area contributed by atoms with E-state index in [0.717, 1.165) is 73.8 Å². The fourth-order valence-corrected chi connectivity index (χ4v) is 4.36. The van der Waals surface area contributed by atoms with Gasteiger partial charge in [-0.15, -0.1) is 35.3 Å². The van der Waals surface area contributed by atoms with E-state index in [-0.39, 0.29) is 24.0 Å². The molecule has 3 rings (SSSR count). The summed E-state index contributed by atoms with van der Waals surface area (Å²) in [6.07, 6.45) is 4.28. The molecule has 9 heteroatoms. The van der Waals surface area contributed by atoms with Crippen molar-refractivity contribution in [3.8, 4) is 11.5 Å². The van der Waals surface area contributed by atoms with Gasteiger partial charge in [0, 0.05) is 44.5 Å². The number of halogens is 1. The molecule has 0 spiro atoms. The molecular formula is C22H34IN5O2S. The lowest BCUT2D eigenvalue weighted by atomic mass is 10.1. The van der Waals surface area contributed by atoms with Crippen molar-refractivity contribution in [2.24, 2.45) is 4.99 Å². The van der Waals surface area contributed by atoms with E-state index in [1.165, 1.54) is 18.4 Å². The maximum Gasteiger partial charge on any atom is 0.191 e. The number of guanidine groups is 1. The molecule has 1 fully saturated rings. The van der Waals surface area contributed by atoms with Crippen LogP contribution in [0.5, 0.6) is 11.5 Å². The van der Waals surface area contributed by atoms with E-state index >= 15 is 0 Å². The van der Waals surface area contributed by atoms with Crippen LogP contribution in [0.4, 0.5) is 5.13 Å². The molecule has 0 radical (unpaired) electrons. The fraction of sp³-hybridized carbons (Fsp3) is 0.545. The van der Waals surface area contributed by atoms with Crippen molar-refractivity contribution in [1.82, 2.24) is 15.6 Å². The highest BCUT2D eigenvalue weighted by molar-refractivity contribution is 14.0. The molecule has 0 aliphatic carbocycles. The smallest absolute Gasteiger partial charge is 0.191 e. The summed E-state index contributed by atoms with van der Waals surface area (Å²) in [7, 11) is 3.31. The molecule has 1 aromatic heterocycles. The Labute approximate surface area is 206 Å². The number of thiazole rings is 1. The first-order valence-corrected chi connectivity index (χ1v) is 11.5. The third kappa shape index (κ3) is 7.71. The standard InChI is InChI=1S/C22H33N5O2S.HI/c1-4-23-21(24-11-9-17-7-8-19(28-2)20(15-17)29-3)25-12-10-18-16-30-22(26-18)27-13-5-6-14-27;/h7-8,15-16H,4-6,9-14H2,1-3H3,(H2,23,24,25);1H. The fourth-order valence-electron chi connectivity index (χ4n) is 3.45. The quantitative estimate of drug-likeness (QED) is 0.263. The Hall–Kier alpha value is -1.75. The van der Waals surface area contributed by atoms with Crippen LogP contribution >= 0.6 is 35.3 Å². The molecule has 2 heterocycles. The number of hydrogen-bond acceptors (Lipinski definition) is 6. The van der Waals surface area contributed by atoms with Crippen molar-refractivity contribution < 1.29 is 9.47 Å². The van der Waals surface area contributed by atoms with Crippen LogP contribution < -0.4 is 25.0 Å². The van der Waals surface area contributed by atoms with Gasteiger partial charge in [-0.3, -0.25) is 4.99 Å². The van der Waals surface area contributed by atoms with Gasteiger partial charge in [0.25, 0.3) is 0 Å². The van der Waals surface area contributed by atoms with Gasteiger partial charge < -0.3 is 25.0 Å². The van der Waals surface area contributed by atoms with Gasteiger partial charge in [0.1, 0.15) is 0 Å². The highest BCUT2D eigenvalue weighted by Crippen LogP contribution is 2.27. The van der Waals surface area contributed by atoms with Crippen molar-refractivity contribution in [2.45, 2.75) is 32.6 Å². The molecule has 0 amide bonds. The maximum absolute atomic E-state index is 5.38. The molecule has 2 N–H and O–H groups in total. The van der Waals surface area contributed by atoms with Gasteiger partial charge in [0.15, 0.2) is 22.6 Å². The highest BCUT2D eigenvalue weighted by Gasteiger charge is 2.15. The van der Waals surface area contributed by atoms with Crippen molar-refractivity contribution in [3.05, 3.63) is 34.8 Å². The van der Waals surface area contributed by atoms with Crippen molar-refractivity contribution in [2.75, 3.05) is 51.8 Å². The molecule has 1 aliphatic rings. The Morgan fingerprint density at radius 1 is 1.13 bits per heavy atom. The SMILES string of the molecule is CCNC(=NCCc1csc(N2CCCC2)n1)NCCc1ccc(OC)c(OC)c1.I. The lowest BCUT2D eigenvalue weighted by Crippen LogP contribution is -2.38. The maximum atomic E-state index is 5.38. The van der Waals surface area contributed by atoms with E-state index in [1.807, 2.05) is 12.1 Å². The largest absolute Gasteiger partial charge is 0.493 e. The second kappa shape index (κ2) is 13.6. The lowest BCUT2D eigenvalue weighted by molar-refractivity contribution is 0.354. The zero-order chi connectivity index (χ0) is 21.2. The summed E-state index contributed by atoms with van der Waals surface area (Å²) < 4.78 is 10.7. The Kier molecular flexibility index (Phi) is 11.2. The second-order valence-electron chi connectivity index (χ2n) is 7.19. The summed E-state index contributed by atoms with van der Waals surface area (Å²) in [5.74, 6) is 2.35. The molecule has 0 atom stereocenters. The van der Waals surface area contributed by atoms with Crippen LogP contribution in [-0.2, 0) is 12.8 Å². The third-order valence-corrected chi connectivity index (χ3v) is 6.00. The van der Waals surface area contributed by atoms with Crippen LogP contribution in [-0.4, -0.2) is 57.9 Å². The number of hydrogen-bond donors (Lipinski definition) is 2. The summed E-state index contributed by atoms with van der Waals surface area (Å²) >= 11 is 1.75. The summed E-state index contributed by atoms with van der Waals surface area (Å²) in [4.78, 5) is 11.9. The van der Waals surface area contributed by atoms with Gasteiger partial charge in [-0.2, -0.15) is 0 Å². The summed E-state index contributed by atoms with van der Waals surface area (Å²) in [6.45, 7) is 6.69. The Morgan fingerprint density at radius 2 is 1.90 bits per heavy atom. The van der Waals surface area contributed by atoms with Gasteiger partial charge in [0.2, 0.25) is 0 Å². The average Bonchev–Trinajstić information content (AvgIpc) is 3.45. The van der Waals surface area contributed by atoms with Crippen LogP contribution in [0.2, 0.25) is 0 Å². The molecule has 0 saturated carbocycles. The molecule has 0 bridgehead atoms. The number of benzene rings is 1. The number of anilines is 1. The van der Waals surface area contributed by atoms with Crippen LogP contribution in [0.1, 0.15) is 31.0 Å². The summed E-state index contributed by atoms with van der Waals surface area (Å²) in [5.41, 5.74) is 2.32. The molecule has 1 aliphatic heterocycles. The minimum absolute atomic E-state index is 0. The van der Waals surface area contributed by atoms with Crippen molar-refractivity contribution in [3.63, 3.8) is 0 Å². The average molecular weight is 560 g/mol. The number of aliphatic imine (C=N–C) groups is 1. The zero-order valence-electron chi connectivity index (χ0n) is 18.6. The molecule has 1 saturated heterocycles. The number of nitrogens with one attached hydrogen (secondary N) is 2. The van der Waals surface area contributed by atoms with E-state index in [0.29, 0.717) is 0 Å². The van der Waals surface area contributed by atoms with Crippen LogP contribution in [0.25, 0.3) is 0 Å². The van der Waals surface area contributed by atoms with Crippen molar-refractivity contribution >= 4 is 46.4 Å². The van der Waals surface area contributed by atoms with E-state index in [4.69, 9.17) is 19.5 Å². The van der Waals surface area contributed by atoms with Gasteiger partial charge in [0.05, 0.1) is 19.9 Å². The van der Waals surface area contributed by atoms with Gasteiger partial charge >= 0.3 is 0 Å². The Morgan fingerprint density at radius 3 is 2.61 bits per heavy atom. The number of rotatable bonds is 10. The van der Waals surface area contributed by atoms with Crippen LogP contribution in [0.3, 0.4) is 0 Å². The summed E-state index contributed by atoms with van der Waals surface area (Å²) in [5, 5.41) is 10.1. The lowest BCUT2D eigenvalue weighted by Gasteiger charge is -2.13. The predicted molar refractivity (Wildman–Crippen MR) is 140 cm³/mol. The summed E-state index contributed by atoms with van der Waals surface area (Å²) in [6, 6.07) is 6.02. The number of aromatic nitrogens is 1. The van der Waals surface area contributed by atoms with Crippen molar-refractivity contribution in [1.29, 1.82) is 0 Å². The highest BCUT2D eigenvalue weighted by atomic mass is 127. The van der Waals surface area contributed by atoms with E-state index in [1.54, 1.807) is 25.6 Å². The van der Waals surface area contributed by atoms with E-state index in [9.17, 15) is 0 Å². The van der Waals surface area contributed by atoms with Crippen LogP contribution in [0, 0.1) is 0 Å². The molecule has 7 nitrogen and oxygen atoms in total. The second-order valence-corrected chi connectivity index (χ2v) is 8.03. The van der Waals surface area contributed by atoms with Crippen LogP contribution in [0.15, 0.2) is 28.6 Å². The molecule has 172 valence electrons. The number of methoxy groups -OCH3 is 2. The topological polar surface area (TPSA) is 71.0 Å². The molecular weight excluding hydrogens is 525 g/mol. The van der Waals surface area contributed by atoms with Gasteiger partial charge in [-0.1, -0.05) is 6.07 Å². The van der Waals surface area contributed by atoms with E-state index in [2.05, 4.69) is 33.9 Å². The third-order valence-electron chi connectivity index (χ3n) is 5.05. The van der Waals surface area contributed by atoms with Gasteiger partial charge in [-0.25, -0.2) is 4.98 Å².